The van der Waals surface area contributed by atoms with E-state index in [9.17, 15) is 4.79 Å². The van der Waals surface area contributed by atoms with E-state index in [1.165, 1.54) is 25.7 Å². The summed E-state index contributed by atoms with van der Waals surface area (Å²) >= 11 is 0. The summed E-state index contributed by atoms with van der Waals surface area (Å²) in [6.45, 7) is 4.27. The maximum absolute atomic E-state index is 11.0. The number of hydrogen-bond donors (Lipinski definition) is 1. The molecule has 0 saturated carbocycles. The van der Waals surface area contributed by atoms with Crippen LogP contribution in [-0.2, 0) is 4.74 Å². The molecule has 0 heterocycles. The van der Waals surface area contributed by atoms with Crippen molar-refractivity contribution in [1.82, 2.24) is 5.32 Å². The third-order valence-corrected chi connectivity index (χ3v) is 2.56. The lowest BCUT2D eigenvalue weighted by atomic mass is 10.1. The lowest BCUT2D eigenvalue weighted by molar-refractivity contribution is 0.0903. The van der Waals surface area contributed by atoms with Gasteiger partial charge in [0.2, 0.25) is 0 Å². The second kappa shape index (κ2) is 9.81. The summed E-state index contributed by atoms with van der Waals surface area (Å²) in [6, 6.07) is 0. The highest BCUT2D eigenvalue weighted by molar-refractivity contribution is 5.66. The molecule has 0 spiro atoms. The molecule has 3 nitrogen and oxygen atoms in total. The molecule has 0 saturated heterocycles. The minimum atomic E-state index is -0.310. The summed E-state index contributed by atoms with van der Waals surface area (Å²) in [7, 11) is 1.59. The maximum Gasteiger partial charge on any atom is 0.407 e. The van der Waals surface area contributed by atoms with E-state index in [0.717, 1.165) is 19.3 Å². The van der Waals surface area contributed by atoms with Gasteiger partial charge in [-0.25, -0.2) is 4.79 Å². The van der Waals surface area contributed by atoms with Crippen LogP contribution < -0.4 is 5.32 Å². The number of nitrogens with one attached hydrogen (secondary N) is 1. The molecule has 90 valence electrons. The Labute approximate surface area is 93.6 Å². The molecule has 1 N–H and O–H groups in total. The minimum absolute atomic E-state index is 0.0894. The molecule has 0 radical (unpaired) electrons. The summed E-state index contributed by atoms with van der Waals surface area (Å²) in [5, 5.41) is 2.48. The first-order valence-corrected chi connectivity index (χ1v) is 6.12. The van der Waals surface area contributed by atoms with Crippen LogP contribution in [0.3, 0.4) is 0 Å². The number of amides is 1. The summed E-state index contributed by atoms with van der Waals surface area (Å²) in [4.78, 5) is 11.0. The smallest absolute Gasteiger partial charge is 0.407 e. The van der Waals surface area contributed by atoms with Crippen molar-refractivity contribution in [2.75, 3.05) is 7.05 Å². The fraction of sp³-hybridized carbons (Fsp3) is 0.917. The van der Waals surface area contributed by atoms with Gasteiger partial charge in [-0.05, 0) is 19.3 Å². The molecule has 0 aromatic carbocycles. The molecule has 15 heavy (non-hydrogen) atoms. The van der Waals surface area contributed by atoms with Gasteiger partial charge < -0.3 is 10.1 Å². The van der Waals surface area contributed by atoms with Crippen LogP contribution in [0.2, 0.25) is 0 Å². The zero-order chi connectivity index (χ0) is 11.5. The van der Waals surface area contributed by atoms with E-state index < -0.39 is 0 Å². The van der Waals surface area contributed by atoms with Gasteiger partial charge in [0.15, 0.2) is 0 Å². The number of unbranched alkanes of at least 4 members (excludes halogenated alkanes) is 4. The number of carbonyl (C=O) groups is 1. The Bertz CT molecular complexity index is 160. The maximum atomic E-state index is 11.0. The zero-order valence-corrected chi connectivity index (χ0v) is 10.3. The van der Waals surface area contributed by atoms with Gasteiger partial charge in [-0.1, -0.05) is 39.5 Å². The highest BCUT2D eigenvalue weighted by atomic mass is 16.6. The van der Waals surface area contributed by atoms with Crippen molar-refractivity contribution in [3.63, 3.8) is 0 Å². The van der Waals surface area contributed by atoms with Crippen LogP contribution in [0.15, 0.2) is 0 Å². The van der Waals surface area contributed by atoms with Crippen molar-refractivity contribution >= 4 is 6.09 Å². The Hall–Kier alpha value is -0.730. The Balaban J connectivity index is 3.48. The standard InChI is InChI=1S/C12H25NO2/c1-4-6-7-8-9-10-11(5-2)15-12(14)13-3/h11H,4-10H2,1-3H3,(H,13,14). The average molecular weight is 215 g/mol. The molecule has 0 aliphatic rings. The average Bonchev–Trinajstić information content (AvgIpc) is 2.26. The molecule has 1 atom stereocenters. The van der Waals surface area contributed by atoms with Crippen LogP contribution in [-0.4, -0.2) is 19.2 Å². The summed E-state index contributed by atoms with van der Waals surface area (Å²) in [5.41, 5.74) is 0. The quantitative estimate of drug-likeness (QED) is 0.629. The second-order valence-electron chi connectivity index (χ2n) is 3.89. The van der Waals surface area contributed by atoms with Crippen molar-refractivity contribution in [3.8, 4) is 0 Å². The zero-order valence-electron chi connectivity index (χ0n) is 10.3. The van der Waals surface area contributed by atoms with Gasteiger partial charge in [-0.3, -0.25) is 0 Å². The molecule has 1 unspecified atom stereocenters. The van der Waals surface area contributed by atoms with Crippen molar-refractivity contribution in [1.29, 1.82) is 0 Å². The van der Waals surface area contributed by atoms with E-state index in [0.29, 0.717) is 0 Å². The van der Waals surface area contributed by atoms with Crippen LogP contribution in [0.5, 0.6) is 0 Å². The third-order valence-electron chi connectivity index (χ3n) is 2.56. The number of hydrogen-bond acceptors (Lipinski definition) is 2. The second-order valence-corrected chi connectivity index (χ2v) is 3.89. The molecule has 0 aromatic heterocycles. The fourth-order valence-corrected chi connectivity index (χ4v) is 1.53. The van der Waals surface area contributed by atoms with E-state index in [1.54, 1.807) is 7.05 Å². The molecule has 3 heteroatoms. The van der Waals surface area contributed by atoms with Crippen molar-refractivity contribution < 1.29 is 9.53 Å². The van der Waals surface area contributed by atoms with E-state index in [4.69, 9.17) is 4.74 Å². The van der Waals surface area contributed by atoms with Crippen LogP contribution in [0, 0.1) is 0 Å². The lowest BCUT2D eigenvalue weighted by Gasteiger charge is -2.15. The molecule has 0 fully saturated rings. The Morgan fingerprint density at radius 3 is 2.40 bits per heavy atom. The molecule has 0 bridgehead atoms. The largest absolute Gasteiger partial charge is 0.446 e. The number of rotatable bonds is 8. The number of alkyl carbamates (subject to hydrolysis) is 1. The molecule has 1 amide bonds. The fourth-order valence-electron chi connectivity index (χ4n) is 1.53. The molecule has 0 rings (SSSR count). The molecular weight excluding hydrogens is 190 g/mol. The third kappa shape index (κ3) is 8.28. The van der Waals surface area contributed by atoms with Crippen LogP contribution in [0.25, 0.3) is 0 Å². The van der Waals surface area contributed by atoms with Gasteiger partial charge in [0, 0.05) is 7.05 Å². The summed E-state index contributed by atoms with van der Waals surface area (Å²) in [6.07, 6.45) is 7.97. The first-order chi connectivity index (χ1) is 7.24. The van der Waals surface area contributed by atoms with Crippen LogP contribution >= 0.6 is 0 Å². The predicted molar refractivity (Wildman–Crippen MR) is 63.0 cm³/mol. The van der Waals surface area contributed by atoms with Crippen molar-refractivity contribution in [2.24, 2.45) is 0 Å². The molecule has 0 aliphatic carbocycles. The van der Waals surface area contributed by atoms with E-state index in [1.807, 2.05) is 0 Å². The minimum Gasteiger partial charge on any atom is -0.446 e. The molecule has 0 aromatic rings. The highest BCUT2D eigenvalue weighted by Crippen LogP contribution is 2.11. The highest BCUT2D eigenvalue weighted by Gasteiger charge is 2.10. The summed E-state index contributed by atoms with van der Waals surface area (Å²) < 4.78 is 5.21. The summed E-state index contributed by atoms with van der Waals surface area (Å²) in [5.74, 6) is 0. The van der Waals surface area contributed by atoms with Gasteiger partial charge in [0.1, 0.15) is 6.10 Å². The Kier molecular flexibility index (Phi) is 9.33. The van der Waals surface area contributed by atoms with Gasteiger partial charge in [0.05, 0.1) is 0 Å². The van der Waals surface area contributed by atoms with Gasteiger partial charge in [-0.2, -0.15) is 0 Å². The van der Waals surface area contributed by atoms with E-state index in [2.05, 4.69) is 19.2 Å². The van der Waals surface area contributed by atoms with E-state index in [-0.39, 0.29) is 12.2 Å². The Morgan fingerprint density at radius 2 is 1.87 bits per heavy atom. The van der Waals surface area contributed by atoms with E-state index >= 15 is 0 Å². The van der Waals surface area contributed by atoms with Crippen molar-refractivity contribution in [2.45, 2.75) is 64.9 Å². The first kappa shape index (κ1) is 14.3. The van der Waals surface area contributed by atoms with Crippen LogP contribution in [0.1, 0.15) is 58.8 Å². The van der Waals surface area contributed by atoms with Gasteiger partial charge in [-0.15, -0.1) is 0 Å². The van der Waals surface area contributed by atoms with Crippen molar-refractivity contribution in [3.05, 3.63) is 0 Å². The number of ether oxygens (including phenoxy) is 1. The number of carbonyl (C=O) groups excluding carboxylic acids is 1. The molecule has 0 aliphatic heterocycles. The van der Waals surface area contributed by atoms with Crippen LogP contribution in [0.4, 0.5) is 4.79 Å². The normalized spacial score (nSPS) is 12.2. The van der Waals surface area contributed by atoms with Gasteiger partial charge >= 0.3 is 6.09 Å². The SMILES string of the molecule is CCCCCCCC(CC)OC(=O)NC. The topological polar surface area (TPSA) is 38.3 Å². The predicted octanol–water partition coefficient (Wildman–Crippen LogP) is 3.48. The first-order valence-electron chi connectivity index (χ1n) is 6.12. The lowest BCUT2D eigenvalue weighted by Crippen LogP contribution is -2.25. The van der Waals surface area contributed by atoms with Gasteiger partial charge in [0.25, 0.3) is 0 Å². The molecular formula is C12H25NO2. The monoisotopic (exact) mass is 215 g/mol. The Morgan fingerprint density at radius 1 is 1.20 bits per heavy atom.